The van der Waals surface area contributed by atoms with Gasteiger partial charge in [0.05, 0.1) is 0 Å². The molecule has 0 spiro atoms. The Bertz CT molecular complexity index is 887. The van der Waals surface area contributed by atoms with E-state index in [-0.39, 0.29) is 6.17 Å². The molecule has 0 amide bonds. The minimum absolute atomic E-state index is 0.0122. The molecule has 0 aromatic heterocycles. The van der Waals surface area contributed by atoms with Crippen LogP contribution >= 0.6 is 15.9 Å². The largest absolute Gasteiger partial charge is 0.334 e. The third-order valence-electron chi connectivity index (χ3n) is 5.15. The normalized spacial score (nSPS) is 23.0. The summed E-state index contributed by atoms with van der Waals surface area (Å²) >= 11 is 3.67. The lowest BCUT2D eigenvalue weighted by Crippen LogP contribution is -2.42. The van der Waals surface area contributed by atoms with Crippen molar-refractivity contribution < 1.29 is 0 Å². The number of hydrogen-bond acceptors (Lipinski definition) is 3. The van der Waals surface area contributed by atoms with E-state index in [0.717, 1.165) is 49.3 Å². The van der Waals surface area contributed by atoms with Gasteiger partial charge in [-0.25, -0.2) is 9.98 Å². The number of nitrogens with zero attached hydrogens (tertiary/aromatic N) is 3. The van der Waals surface area contributed by atoms with E-state index < -0.39 is 0 Å². The lowest BCUT2D eigenvalue weighted by molar-refractivity contribution is 0.406. The van der Waals surface area contributed by atoms with Crippen LogP contribution in [0.1, 0.15) is 37.7 Å². The summed E-state index contributed by atoms with van der Waals surface area (Å²) in [7, 11) is 2.13. The highest BCUT2D eigenvalue weighted by Gasteiger charge is 2.29. The van der Waals surface area contributed by atoms with Crippen LogP contribution in [0.25, 0.3) is 0 Å². The molecule has 2 aliphatic carbocycles. The summed E-state index contributed by atoms with van der Waals surface area (Å²) in [6.07, 6.45) is 16.3. The monoisotopic (exact) mass is 421 g/mol. The molecule has 1 heterocycles. The fraction of sp³-hybridized carbons (Fsp3) is 0.304. The molecule has 0 saturated carbocycles. The highest BCUT2D eigenvalue weighted by Crippen LogP contribution is 2.30. The van der Waals surface area contributed by atoms with E-state index in [1.807, 2.05) is 6.07 Å². The SMILES string of the molecule is CN1C(C2=CCC=C(Br)C2)=NC(c2ccccc2)=NC1C1=CCC=CCC1. The highest BCUT2D eigenvalue weighted by molar-refractivity contribution is 9.11. The smallest absolute Gasteiger partial charge is 0.159 e. The zero-order chi connectivity index (χ0) is 18.6. The van der Waals surface area contributed by atoms with Crippen molar-refractivity contribution in [3.05, 3.63) is 81.9 Å². The summed E-state index contributed by atoms with van der Waals surface area (Å²) in [6.45, 7) is 0. The van der Waals surface area contributed by atoms with Gasteiger partial charge in [-0.05, 0) is 41.3 Å². The number of benzene rings is 1. The van der Waals surface area contributed by atoms with Crippen LogP contribution < -0.4 is 0 Å². The van der Waals surface area contributed by atoms with Crippen LogP contribution in [-0.2, 0) is 0 Å². The maximum Gasteiger partial charge on any atom is 0.159 e. The van der Waals surface area contributed by atoms with E-state index in [2.05, 4.69) is 82.5 Å². The van der Waals surface area contributed by atoms with E-state index in [4.69, 9.17) is 9.98 Å². The van der Waals surface area contributed by atoms with Crippen LogP contribution in [0.3, 0.4) is 0 Å². The van der Waals surface area contributed by atoms with Crippen molar-refractivity contribution in [2.45, 2.75) is 38.3 Å². The van der Waals surface area contributed by atoms with E-state index in [0.29, 0.717) is 0 Å². The van der Waals surface area contributed by atoms with Crippen molar-refractivity contribution in [1.82, 2.24) is 4.90 Å². The van der Waals surface area contributed by atoms with Crippen molar-refractivity contribution in [2.24, 2.45) is 9.98 Å². The molecule has 1 aliphatic heterocycles. The average Bonchev–Trinajstić information content (AvgIpc) is 2.98. The molecule has 3 nitrogen and oxygen atoms in total. The van der Waals surface area contributed by atoms with Gasteiger partial charge >= 0.3 is 0 Å². The van der Waals surface area contributed by atoms with Gasteiger partial charge in [0.1, 0.15) is 12.0 Å². The van der Waals surface area contributed by atoms with Gasteiger partial charge < -0.3 is 4.90 Å². The standard InChI is InChI=1S/C23H24BrN3/c1-27-22(18-12-5-2-3-6-13-18)25-21(17-10-7-4-8-11-17)26-23(27)19-14-9-15-20(24)16-19/h2-4,7-8,10-12,14-15,22H,5-6,9,13,16H2,1H3. The predicted molar refractivity (Wildman–Crippen MR) is 117 cm³/mol. The Morgan fingerprint density at radius 2 is 1.89 bits per heavy atom. The summed E-state index contributed by atoms with van der Waals surface area (Å²) in [6, 6.07) is 10.3. The minimum atomic E-state index is 0.0122. The van der Waals surface area contributed by atoms with Gasteiger partial charge in [0.15, 0.2) is 5.84 Å². The number of amidine groups is 2. The number of allylic oxidation sites excluding steroid dienone is 6. The number of halogens is 1. The Morgan fingerprint density at radius 1 is 1.04 bits per heavy atom. The maximum atomic E-state index is 5.07. The third kappa shape index (κ3) is 4.06. The summed E-state index contributed by atoms with van der Waals surface area (Å²) in [5, 5.41) is 0. The average molecular weight is 422 g/mol. The first kappa shape index (κ1) is 18.2. The molecule has 3 aliphatic rings. The van der Waals surface area contributed by atoms with Crippen LogP contribution in [0.4, 0.5) is 0 Å². The molecule has 1 atom stereocenters. The third-order valence-corrected chi connectivity index (χ3v) is 5.76. The quantitative estimate of drug-likeness (QED) is 0.569. The first-order valence-corrected chi connectivity index (χ1v) is 10.3. The molecule has 0 bridgehead atoms. The Kier molecular flexibility index (Phi) is 5.53. The summed E-state index contributed by atoms with van der Waals surface area (Å²) in [5.74, 6) is 1.87. The summed E-state index contributed by atoms with van der Waals surface area (Å²) in [4.78, 5) is 12.3. The summed E-state index contributed by atoms with van der Waals surface area (Å²) in [5.41, 5.74) is 3.73. The molecular formula is C23H24BrN3. The van der Waals surface area contributed by atoms with Crippen LogP contribution in [0.2, 0.25) is 0 Å². The second-order valence-electron chi connectivity index (χ2n) is 7.06. The zero-order valence-corrected chi connectivity index (χ0v) is 17.2. The molecule has 138 valence electrons. The van der Waals surface area contributed by atoms with Crippen LogP contribution in [0.5, 0.6) is 0 Å². The molecule has 0 N–H and O–H groups in total. The van der Waals surface area contributed by atoms with Gasteiger partial charge in [-0.2, -0.15) is 0 Å². The van der Waals surface area contributed by atoms with Crippen molar-refractivity contribution in [2.75, 3.05) is 7.05 Å². The second kappa shape index (κ2) is 8.22. The van der Waals surface area contributed by atoms with Gasteiger partial charge in [0.25, 0.3) is 0 Å². The van der Waals surface area contributed by atoms with Crippen molar-refractivity contribution in [3.63, 3.8) is 0 Å². The number of likely N-dealkylation sites (N-methyl/N-ethyl adjacent to an activating group) is 1. The Balaban J connectivity index is 1.74. The summed E-state index contributed by atoms with van der Waals surface area (Å²) < 4.78 is 1.23. The molecule has 4 rings (SSSR count). The van der Waals surface area contributed by atoms with Crippen molar-refractivity contribution >= 4 is 27.6 Å². The Hall–Kier alpha value is -2.20. The highest BCUT2D eigenvalue weighted by atomic mass is 79.9. The molecule has 4 heteroatoms. The van der Waals surface area contributed by atoms with Crippen LogP contribution in [0.15, 0.2) is 86.3 Å². The van der Waals surface area contributed by atoms with E-state index in [9.17, 15) is 0 Å². The van der Waals surface area contributed by atoms with Gasteiger partial charge in [0.2, 0.25) is 0 Å². The molecule has 1 aromatic carbocycles. The number of rotatable bonds is 3. The Morgan fingerprint density at radius 3 is 2.70 bits per heavy atom. The lowest BCUT2D eigenvalue weighted by atomic mass is 10.0. The minimum Gasteiger partial charge on any atom is -0.334 e. The molecule has 1 aromatic rings. The molecule has 27 heavy (non-hydrogen) atoms. The van der Waals surface area contributed by atoms with Gasteiger partial charge in [-0.15, -0.1) is 0 Å². The topological polar surface area (TPSA) is 28.0 Å². The lowest BCUT2D eigenvalue weighted by Gasteiger charge is -2.35. The molecule has 0 saturated heterocycles. The fourth-order valence-electron chi connectivity index (χ4n) is 3.73. The molecule has 1 unspecified atom stereocenters. The fourth-order valence-corrected chi connectivity index (χ4v) is 4.22. The van der Waals surface area contributed by atoms with Crippen LogP contribution in [0, 0.1) is 0 Å². The molecule has 0 radical (unpaired) electrons. The second-order valence-corrected chi connectivity index (χ2v) is 8.07. The molecular weight excluding hydrogens is 398 g/mol. The molecule has 0 fully saturated rings. The van der Waals surface area contributed by atoms with E-state index in [1.165, 1.54) is 15.6 Å². The van der Waals surface area contributed by atoms with Crippen LogP contribution in [-0.4, -0.2) is 29.8 Å². The Labute approximate surface area is 169 Å². The first-order valence-electron chi connectivity index (χ1n) is 9.55. The van der Waals surface area contributed by atoms with Crippen molar-refractivity contribution in [3.8, 4) is 0 Å². The van der Waals surface area contributed by atoms with E-state index in [1.54, 1.807) is 0 Å². The van der Waals surface area contributed by atoms with Crippen molar-refractivity contribution in [1.29, 1.82) is 0 Å². The van der Waals surface area contributed by atoms with Gasteiger partial charge in [-0.3, -0.25) is 0 Å². The van der Waals surface area contributed by atoms with Gasteiger partial charge in [0, 0.05) is 19.0 Å². The van der Waals surface area contributed by atoms with Gasteiger partial charge in [-0.1, -0.05) is 76.6 Å². The maximum absolute atomic E-state index is 5.07. The van der Waals surface area contributed by atoms with E-state index >= 15 is 0 Å². The first-order chi connectivity index (χ1) is 13.2. The number of aliphatic imine (C=N–C) groups is 2. The predicted octanol–water partition coefficient (Wildman–Crippen LogP) is 5.77. The number of hydrogen-bond donors (Lipinski definition) is 0. The zero-order valence-electron chi connectivity index (χ0n) is 15.6.